The quantitative estimate of drug-likeness (QED) is 0.840. The van der Waals surface area contributed by atoms with Crippen LogP contribution in [0.4, 0.5) is 0 Å². The van der Waals surface area contributed by atoms with Gasteiger partial charge in [-0.1, -0.05) is 12.1 Å². The fourth-order valence-electron chi connectivity index (χ4n) is 3.16. The molecule has 1 aromatic heterocycles. The number of aliphatic hydroxyl groups excluding tert-OH is 1. The Balaban J connectivity index is 1.59. The molecule has 132 valence electrons. The van der Waals surface area contributed by atoms with Gasteiger partial charge >= 0.3 is 0 Å². The number of aromatic nitrogens is 1. The summed E-state index contributed by atoms with van der Waals surface area (Å²) in [6.45, 7) is 0.589. The molecule has 0 bridgehead atoms. The van der Waals surface area contributed by atoms with Crippen molar-refractivity contribution >= 4 is 5.91 Å². The highest BCUT2D eigenvalue weighted by Gasteiger charge is 2.15. The van der Waals surface area contributed by atoms with Gasteiger partial charge in [-0.15, -0.1) is 0 Å². The molecule has 2 aromatic rings. The maximum absolute atomic E-state index is 12.5. The van der Waals surface area contributed by atoms with Gasteiger partial charge in [-0.25, -0.2) is 0 Å². The van der Waals surface area contributed by atoms with Gasteiger partial charge in [-0.05, 0) is 60.6 Å². The molecule has 0 radical (unpaired) electrons. The van der Waals surface area contributed by atoms with Crippen LogP contribution in [0.3, 0.4) is 0 Å². The molecule has 1 aliphatic rings. The average Bonchev–Trinajstić information content (AvgIpc) is 2.66. The third kappa shape index (κ3) is 4.79. The van der Waals surface area contributed by atoms with Gasteiger partial charge in [0.25, 0.3) is 5.91 Å². The lowest BCUT2D eigenvalue weighted by Gasteiger charge is -2.22. The summed E-state index contributed by atoms with van der Waals surface area (Å²) in [5.41, 5.74) is 3.65. The molecule has 25 heavy (non-hydrogen) atoms. The first-order valence-electron chi connectivity index (χ1n) is 8.78. The highest BCUT2D eigenvalue weighted by Crippen LogP contribution is 2.25. The van der Waals surface area contributed by atoms with E-state index in [0.717, 1.165) is 24.2 Å². The Morgan fingerprint density at radius 1 is 1.20 bits per heavy atom. The topological polar surface area (TPSA) is 62.7 Å². The zero-order chi connectivity index (χ0) is 17.5. The van der Waals surface area contributed by atoms with Gasteiger partial charge in [0, 0.05) is 25.5 Å². The van der Waals surface area contributed by atoms with E-state index in [1.165, 1.54) is 24.0 Å². The Kier molecular flexibility index (Phi) is 6.01. The lowest BCUT2D eigenvalue weighted by Crippen LogP contribution is -2.36. The number of carbonyl (C=O) groups excluding carboxylic acids is 1. The zero-order valence-electron chi connectivity index (χ0n) is 14.4. The zero-order valence-corrected chi connectivity index (χ0v) is 14.4. The van der Waals surface area contributed by atoms with Gasteiger partial charge in [-0.3, -0.25) is 9.78 Å². The first-order chi connectivity index (χ1) is 12.3. The molecule has 0 saturated carbocycles. The molecule has 1 aromatic carbocycles. The van der Waals surface area contributed by atoms with Gasteiger partial charge < -0.3 is 14.7 Å². The summed E-state index contributed by atoms with van der Waals surface area (Å²) < 4.78 is 5.71. The molecule has 0 unspecified atom stereocenters. The van der Waals surface area contributed by atoms with Crippen molar-refractivity contribution in [2.24, 2.45) is 0 Å². The number of hydrogen-bond donors (Lipinski definition) is 1. The van der Waals surface area contributed by atoms with Crippen LogP contribution < -0.4 is 4.74 Å². The second-order valence-electron chi connectivity index (χ2n) is 6.33. The summed E-state index contributed by atoms with van der Waals surface area (Å²) in [5, 5.41) is 9.23. The lowest BCUT2D eigenvalue weighted by atomic mass is 9.92. The van der Waals surface area contributed by atoms with E-state index in [-0.39, 0.29) is 25.7 Å². The lowest BCUT2D eigenvalue weighted by molar-refractivity contribution is -0.134. The average molecular weight is 340 g/mol. The predicted molar refractivity (Wildman–Crippen MR) is 95.3 cm³/mol. The number of carbonyl (C=O) groups is 1. The number of hydrogen-bond acceptors (Lipinski definition) is 4. The summed E-state index contributed by atoms with van der Waals surface area (Å²) in [4.78, 5) is 18.1. The number of rotatable bonds is 7. The molecule has 0 saturated heterocycles. The summed E-state index contributed by atoms with van der Waals surface area (Å²) >= 11 is 0. The maximum atomic E-state index is 12.5. The van der Waals surface area contributed by atoms with Crippen LogP contribution in [0.2, 0.25) is 0 Å². The van der Waals surface area contributed by atoms with E-state index >= 15 is 0 Å². The largest absolute Gasteiger partial charge is 0.484 e. The van der Waals surface area contributed by atoms with E-state index < -0.39 is 0 Å². The summed E-state index contributed by atoms with van der Waals surface area (Å²) in [7, 11) is 0. The number of aryl methyl sites for hydroxylation is 2. The number of amides is 1. The van der Waals surface area contributed by atoms with Crippen LogP contribution in [-0.2, 0) is 24.2 Å². The molecular formula is C20H24N2O3. The Labute approximate surface area is 148 Å². The summed E-state index contributed by atoms with van der Waals surface area (Å²) in [6.07, 6.45) is 8.09. The fourth-order valence-corrected chi connectivity index (χ4v) is 3.16. The molecule has 0 aliphatic heterocycles. The molecule has 0 spiro atoms. The molecule has 1 amide bonds. The second kappa shape index (κ2) is 8.62. The molecule has 3 rings (SSSR count). The monoisotopic (exact) mass is 340 g/mol. The van der Waals surface area contributed by atoms with Crippen LogP contribution in [-0.4, -0.2) is 40.7 Å². The van der Waals surface area contributed by atoms with E-state index in [0.29, 0.717) is 6.54 Å². The Bertz CT molecular complexity index is 703. The van der Waals surface area contributed by atoms with Crippen molar-refractivity contribution < 1.29 is 14.6 Å². The number of nitrogens with zero attached hydrogens (tertiary/aromatic N) is 2. The second-order valence-corrected chi connectivity index (χ2v) is 6.33. The van der Waals surface area contributed by atoms with Gasteiger partial charge in [-0.2, -0.15) is 0 Å². The fraction of sp³-hybridized carbons (Fsp3) is 0.400. The van der Waals surface area contributed by atoms with Crippen molar-refractivity contribution in [3.63, 3.8) is 0 Å². The Hall–Kier alpha value is -2.40. The molecule has 1 N–H and O–H groups in total. The minimum atomic E-state index is -0.143. The van der Waals surface area contributed by atoms with Gasteiger partial charge in [0.2, 0.25) is 0 Å². The predicted octanol–water partition coefficient (Wildman–Crippen LogP) is 2.36. The minimum absolute atomic E-state index is 0.0287. The number of ether oxygens (including phenoxy) is 1. The van der Waals surface area contributed by atoms with Gasteiger partial charge in [0.1, 0.15) is 5.75 Å². The van der Waals surface area contributed by atoms with E-state index in [9.17, 15) is 9.90 Å². The molecule has 5 heteroatoms. The normalized spacial score (nSPS) is 13.2. The van der Waals surface area contributed by atoms with Crippen molar-refractivity contribution in [1.29, 1.82) is 0 Å². The third-order valence-electron chi connectivity index (χ3n) is 4.50. The van der Waals surface area contributed by atoms with Crippen molar-refractivity contribution in [1.82, 2.24) is 9.88 Å². The molecule has 1 aliphatic carbocycles. The van der Waals surface area contributed by atoms with Crippen LogP contribution in [0.1, 0.15) is 29.5 Å². The highest BCUT2D eigenvalue weighted by molar-refractivity contribution is 5.77. The van der Waals surface area contributed by atoms with E-state index in [1.807, 2.05) is 18.2 Å². The molecule has 1 heterocycles. The van der Waals surface area contributed by atoms with Crippen LogP contribution in [0.15, 0.2) is 42.7 Å². The Morgan fingerprint density at radius 2 is 2.04 bits per heavy atom. The van der Waals surface area contributed by atoms with Crippen LogP contribution in [0, 0.1) is 0 Å². The van der Waals surface area contributed by atoms with Crippen molar-refractivity contribution in [2.75, 3.05) is 19.8 Å². The van der Waals surface area contributed by atoms with Crippen molar-refractivity contribution in [3.8, 4) is 5.75 Å². The van der Waals surface area contributed by atoms with Gasteiger partial charge in [0.05, 0.1) is 6.61 Å². The SMILES string of the molecule is O=C(COc1ccc2c(c1)CCCC2)N(CCO)Cc1cccnc1. The smallest absolute Gasteiger partial charge is 0.260 e. The number of pyridine rings is 1. The standard InChI is InChI=1S/C20H24N2O3/c23-11-10-22(14-16-4-3-9-21-13-16)20(24)15-25-19-8-7-17-5-1-2-6-18(17)12-19/h3-4,7-9,12-13,23H,1-2,5-6,10-11,14-15H2. The van der Waals surface area contributed by atoms with E-state index in [1.54, 1.807) is 17.3 Å². The third-order valence-corrected chi connectivity index (χ3v) is 4.50. The van der Waals surface area contributed by atoms with Gasteiger partial charge in [0.15, 0.2) is 6.61 Å². The summed E-state index contributed by atoms with van der Waals surface area (Å²) in [5.74, 6) is 0.593. The van der Waals surface area contributed by atoms with E-state index in [2.05, 4.69) is 17.1 Å². The maximum Gasteiger partial charge on any atom is 0.260 e. The summed E-state index contributed by atoms with van der Waals surface area (Å²) in [6, 6.07) is 9.85. The van der Waals surface area contributed by atoms with Crippen molar-refractivity contribution in [2.45, 2.75) is 32.2 Å². The molecule has 5 nitrogen and oxygen atoms in total. The molecule has 0 atom stereocenters. The van der Waals surface area contributed by atoms with Crippen LogP contribution >= 0.6 is 0 Å². The molecular weight excluding hydrogens is 316 g/mol. The highest BCUT2D eigenvalue weighted by atomic mass is 16.5. The first kappa shape index (κ1) is 17.4. The minimum Gasteiger partial charge on any atom is -0.484 e. The Morgan fingerprint density at radius 3 is 2.80 bits per heavy atom. The van der Waals surface area contributed by atoms with E-state index in [4.69, 9.17) is 4.74 Å². The van der Waals surface area contributed by atoms with Crippen LogP contribution in [0.25, 0.3) is 0 Å². The van der Waals surface area contributed by atoms with Crippen LogP contribution in [0.5, 0.6) is 5.75 Å². The molecule has 0 fully saturated rings. The first-order valence-corrected chi connectivity index (χ1v) is 8.78. The number of fused-ring (bicyclic) bond motifs is 1. The number of benzene rings is 1. The number of aliphatic hydroxyl groups is 1. The van der Waals surface area contributed by atoms with Crippen molar-refractivity contribution in [3.05, 3.63) is 59.4 Å².